The molecule has 1 atom stereocenters. The van der Waals surface area contributed by atoms with Gasteiger partial charge in [-0.05, 0) is 38.6 Å². The lowest BCUT2D eigenvalue weighted by Gasteiger charge is -2.24. The Hall–Kier alpha value is -1.67. The summed E-state index contributed by atoms with van der Waals surface area (Å²) >= 11 is 1.65. The number of hydrogen-bond acceptors (Lipinski definition) is 5. The van der Waals surface area contributed by atoms with Crippen LogP contribution < -0.4 is 4.90 Å². The number of nitrogens with zero attached hydrogens (tertiary/aromatic N) is 4. The normalized spacial score (nSPS) is 12.4. The Kier molecular flexibility index (Phi) is 4.01. The smallest absolute Gasteiger partial charge is 0.141 e. The van der Waals surface area contributed by atoms with Gasteiger partial charge in [-0.1, -0.05) is 0 Å². The van der Waals surface area contributed by atoms with Crippen molar-refractivity contribution >= 4 is 27.4 Å². The van der Waals surface area contributed by atoms with Crippen LogP contribution in [0.1, 0.15) is 25.2 Å². The third-order valence-electron chi connectivity index (χ3n) is 3.11. The highest BCUT2D eigenvalue weighted by atomic mass is 32.1. The summed E-state index contributed by atoms with van der Waals surface area (Å²) in [6.45, 7) is 9.58. The zero-order valence-electron chi connectivity index (χ0n) is 11.8. The van der Waals surface area contributed by atoms with E-state index in [0.717, 1.165) is 28.4 Å². The van der Waals surface area contributed by atoms with Crippen molar-refractivity contribution in [2.75, 3.05) is 18.0 Å². The maximum Gasteiger partial charge on any atom is 0.141 e. The third-order valence-corrected chi connectivity index (χ3v) is 4.10. The number of anilines is 1. The fourth-order valence-electron chi connectivity index (χ4n) is 2.13. The summed E-state index contributed by atoms with van der Waals surface area (Å²) in [6, 6.07) is 2.29. The molecule has 0 radical (unpaired) electrons. The average molecular weight is 274 g/mol. The van der Waals surface area contributed by atoms with Crippen LogP contribution in [0.3, 0.4) is 0 Å². The molecule has 0 spiro atoms. The number of aryl methyl sites for hydroxylation is 2. The predicted molar refractivity (Wildman–Crippen MR) is 79.6 cm³/mol. The van der Waals surface area contributed by atoms with Crippen LogP contribution in [0, 0.1) is 31.1 Å². The maximum atomic E-state index is 9.00. The van der Waals surface area contributed by atoms with Crippen LogP contribution in [0.25, 0.3) is 10.2 Å². The molecular weight excluding hydrogens is 256 g/mol. The van der Waals surface area contributed by atoms with Crippen molar-refractivity contribution in [2.24, 2.45) is 5.92 Å². The minimum Gasteiger partial charge on any atom is -0.355 e. The zero-order valence-corrected chi connectivity index (χ0v) is 12.6. The standard InChI is InChI=1S/C14H18N4S/c1-5-18(7-9(2)6-15)13-12-10(3)8-19-14(12)17-11(4)16-13/h8-9H,5,7H2,1-4H3. The summed E-state index contributed by atoms with van der Waals surface area (Å²) < 4.78 is 0. The lowest BCUT2D eigenvalue weighted by molar-refractivity contribution is 0.680. The maximum absolute atomic E-state index is 9.00. The highest BCUT2D eigenvalue weighted by molar-refractivity contribution is 7.17. The second-order valence-electron chi connectivity index (χ2n) is 4.76. The Labute approximate surface area is 117 Å². The van der Waals surface area contributed by atoms with E-state index in [4.69, 9.17) is 5.26 Å². The molecule has 19 heavy (non-hydrogen) atoms. The van der Waals surface area contributed by atoms with Crippen molar-refractivity contribution in [1.82, 2.24) is 9.97 Å². The summed E-state index contributed by atoms with van der Waals surface area (Å²) in [7, 11) is 0. The van der Waals surface area contributed by atoms with Gasteiger partial charge in [0.2, 0.25) is 0 Å². The second-order valence-corrected chi connectivity index (χ2v) is 5.62. The average Bonchev–Trinajstić information content (AvgIpc) is 2.76. The van der Waals surface area contributed by atoms with Gasteiger partial charge in [0, 0.05) is 13.1 Å². The van der Waals surface area contributed by atoms with Gasteiger partial charge in [0.1, 0.15) is 16.5 Å². The summed E-state index contributed by atoms with van der Waals surface area (Å²) in [5.41, 5.74) is 1.21. The molecular formula is C14H18N4S. The van der Waals surface area contributed by atoms with E-state index in [1.54, 1.807) is 11.3 Å². The molecule has 0 aliphatic rings. The van der Waals surface area contributed by atoms with Crippen LogP contribution in [0.5, 0.6) is 0 Å². The number of rotatable bonds is 4. The van der Waals surface area contributed by atoms with Gasteiger partial charge in [0.25, 0.3) is 0 Å². The van der Waals surface area contributed by atoms with Crippen molar-refractivity contribution in [2.45, 2.75) is 27.7 Å². The molecule has 5 heteroatoms. The van der Waals surface area contributed by atoms with Gasteiger partial charge in [-0.15, -0.1) is 11.3 Å². The minimum atomic E-state index is -0.00999. The summed E-state index contributed by atoms with van der Waals surface area (Å²) in [5.74, 6) is 1.74. The molecule has 4 nitrogen and oxygen atoms in total. The quantitative estimate of drug-likeness (QED) is 0.858. The number of hydrogen-bond donors (Lipinski definition) is 0. The Morgan fingerprint density at radius 3 is 2.79 bits per heavy atom. The predicted octanol–water partition coefficient (Wildman–Crippen LogP) is 3.29. The molecule has 2 rings (SSSR count). The van der Waals surface area contributed by atoms with E-state index >= 15 is 0 Å². The molecule has 100 valence electrons. The molecule has 1 unspecified atom stereocenters. The van der Waals surface area contributed by atoms with E-state index in [9.17, 15) is 0 Å². The molecule has 0 N–H and O–H groups in total. The minimum absolute atomic E-state index is 0.00999. The van der Waals surface area contributed by atoms with Gasteiger partial charge in [0.15, 0.2) is 0 Å². The van der Waals surface area contributed by atoms with E-state index in [1.807, 2.05) is 13.8 Å². The van der Waals surface area contributed by atoms with E-state index in [1.165, 1.54) is 5.56 Å². The number of fused-ring (bicyclic) bond motifs is 1. The molecule has 0 aliphatic heterocycles. The highest BCUT2D eigenvalue weighted by Crippen LogP contribution is 2.31. The molecule has 2 heterocycles. The number of aromatic nitrogens is 2. The lowest BCUT2D eigenvalue weighted by atomic mass is 10.1. The monoisotopic (exact) mass is 274 g/mol. The highest BCUT2D eigenvalue weighted by Gasteiger charge is 2.17. The largest absolute Gasteiger partial charge is 0.355 e. The molecule has 0 bridgehead atoms. The number of thiophene rings is 1. The van der Waals surface area contributed by atoms with Gasteiger partial charge in [0.05, 0.1) is 17.4 Å². The van der Waals surface area contributed by atoms with E-state index in [2.05, 4.69) is 40.2 Å². The van der Waals surface area contributed by atoms with Crippen molar-refractivity contribution < 1.29 is 0 Å². The Balaban J connectivity index is 2.53. The fourth-order valence-corrected chi connectivity index (χ4v) is 3.09. The zero-order chi connectivity index (χ0) is 14.0. The molecule has 0 aromatic carbocycles. The van der Waals surface area contributed by atoms with Crippen LogP contribution in [0.4, 0.5) is 5.82 Å². The van der Waals surface area contributed by atoms with Gasteiger partial charge in [-0.25, -0.2) is 9.97 Å². The van der Waals surface area contributed by atoms with Crippen LogP contribution in [-0.4, -0.2) is 23.1 Å². The van der Waals surface area contributed by atoms with E-state index in [-0.39, 0.29) is 5.92 Å². The molecule has 0 saturated carbocycles. The third kappa shape index (κ3) is 2.69. The lowest BCUT2D eigenvalue weighted by Crippen LogP contribution is -2.29. The Bertz CT molecular complexity index is 626. The van der Waals surface area contributed by atoms with Crippen molar-refractivity contribution in [3.63, 3.8) is 0 Å². The molecule has 0 amide bonds. The van der Waals surface area contributed by atoms with Gasteiger partial charge >= 0.3 is 0 Å². The van der Waals surface area contributed by atoms with E-state index in [0.29, 0.717) is 6.54 Å². The van der Waals surface area contributed by atoms with Crippen LogP contribution in [0.2, 0.25) is 0 Å². The topological polar surface area (TPSA) is 52.8 Å². The van der Waals surface area contributed by atoms with Crippen molar-refractivity contribution in [1.29, 1.82) is 5.26 Å². The van der Waals surface area contributed by atoms with Gasteiger partial charge < -0.3 is 4.90 Å². The van der Waals surface area contributed by atoms with Crippen LogP contribution in [-0.2, 0) is 0 Å². The van der Waals surface area contributed by atoms with Crippen molar-refractivity contribution in [3.8, 4) is 6.07 Å². The first-order chi connectivity index (χ1) is 9.06. The van der Waals surface area contributed by atoms with Gasteiger partial charge in [-0.3, -0.25) is 0 Å². The number of nitriles is 1. The SMILES string of the molecule is CCN(CC(C)C#N)c1nc(C)nc2scc(C)c12. The molecule has 0 aliphatic carbocycles. The summed E-state index contributed by atoms with van der Waals surface area (Å²) in [4.78, 5) is 12.3. The Morgan fingerprint density at radius 1 is 1.42 bits per heavy atom. The summed E-state index contributed by atoms with van der Waals surface area (Å²) in [6.07, 6.45) is 0. The molecule has 0 fully saturated rings. The van der Waals surface area contributed by atoms with Crippen molar-refractivity contribution in [3.05, 3.63) is 16.8 Å². The van der Waals surface area contributed by atoms with Crippen LogP contribution in [0.15, 0.2) is 5.38 Å². The molecule has 2 aromatic heterocycles. The summed E-state index contributed by atoms with van der Waals surface area (Å²) in [5, 5.41) is 12.2. The fraction of sp³-hybridized carbons (Fsp3) is 0.500. The molecule has 2 aromatic rings. The first kappa shape index (κ1) is 13.8. The van der Waals surface area contributed by atoms with Gasteiger partial charge in [-0.2, -0.15) is 5.26 Å². The Morgan fingerprint density at radius 2 is 2.16 bits per heavy atom. The first-order valence-electron chi connectivity index (χ1n) is 6.43. The van der Waals surface area contributed by atoms with E-state index < -0.39 is 0 Å². The van der Waals surface area contributed by atoms with Crippen LogP contribution >= 0.6 is 11.3 Å². The first-order valence-corrected chi connectivity index (χ1v) is 7.31. The molecule has 0 saturated heterocycles. The second kappa shape index (κ2) is 5.54.